The zero-order chi connectivity index (χ0) is 9.26. The minimum Gasteiger partial charge on any atom is -0.370 e. The SMILES string of the molecule is O=CC1CN(c2ccc(I)cc2)C1. The summed E-state index contributed by atoms with van der Waals surface area (Å²) >= 11 is 2.29. The largest absolute Gasteiger partial charge is 0.370 e. The minimum absolute atomic E-state index is 0.249. The summed E-state index contributed by atoms with van der Waals surface area (Å²) in [5, 5.41) is 0. The molecule has 0 N–H and O–H groups in total. The van der Waals surface area contributed by atoms with Gasteiger partial charge in [-0.05, 0) is 46.9 Å². The number of hydrogen-bond acceptors (Lipinski definition) is 2. The molecule has 1 aliphatic rings. The number of nitrogens with zero attached hydrogens (tertiary/aromatic N) is 1. The second kappa shape index (κ2) is 3.65. The molecule has 0 unspecified atom stereocenters. The van der Waals surface area contributed by atoms with E-state index in [0.717, 1.165) is 19.4 Å². The molecule has 1 heterocycles. The van der Waals surface area contributed by atoms with Crippen molar-refractivity contribution < 1.29 is 4.79 Å². The standard InChI is InChI=1S/C10H10INO/c11-9-1-3-10(4-2-9)12-5-8(6-12)7-13/h1-4,7-8H,5-6H2. The van der Waals surface area contributed by atoms with Crippen LogP contribution in [0.15, 0.2) is 24.3 Å². The van der Waals surface area contributed by atoms with Gasteiger partial charge >= 0.3 is 0 Å². The predicted molar refractivity (Wildman–Crippen MR) is 60.9 cm³/mol. The molecule has 1 fully saturated rings. The normalized spacial score (nSPS) is 16.8. The number of benzene rings is 1. The van der Waals surface area contributed by atoms with Crippen LogP contribution >= 0.6 is 22.6 Å². The minimum atomic E-state index is 0.249. The average molecular weight is 287 g/mol. The maximum absolute atomic E-state index is 10.4. The zero-order valence-electron chi connectivity index (χ0n) is 7.11. The molecule has 3 heteroatoms. The van der Waals surface area contributed by atoms with Gasteiger partial charge in [0.15, 0.2) is 0 Å². The molecule has 1 aromatic carbocycles. The Kier molecular flexibility index (Phi) is 2.53. The highest BCUT2D eigenvalue weighted by molar-refractivity contribution is 14.1. The van der Waals surface area contributed by atoms with Gasteiger partial charge in [-0.2, -0.15) is 0 Å². The van der Waals surface area contributed by atoms with E-state index in [2.05, 4.69) is 51.8 Å². The Morgan fingerprint density at radius 3 is 2.46 bits per heavy atom. The summed E-state index contributed by atoms with van der Waals surface area (Å²) in [7, 11) is 0. The van der Waals surface area contributed by atoms with Gasteiger partial charge in [-0.15, -0.1) is 0 Å². The third kappa shape index (κ3) is 1.85. The van der Waals surface area contributed by atoms with E-state index in [4.69, 9.17) is 0 Å². The molecular weight excluding hydrogens is 277 g/mol. The fourth-order valence-electron chi connectivity index (χ4n) is 1.46. The van der Waals surface area contributed by atoms with Crippen LogP contribution < -0.4 is 4.90 Å². The van der Waals surface area contributed by atoms with Crippen LogP contribution in [-0.4, -0.2) is 19.4 Å². The van der Waals surface area contributed by atoms with Crippen LogP contribution in [0.5, 0.6) is 0 Å². The summed E-state index contributed by atoms with van der Waals surface area (Å²) in [5.74, 6) is 0.249. The third-order valence-electron chi connectivity index (χ3n) is 2.29. The molecule has 0 radical (unpaired) electrons. The van der Waals surface area contributed by atoms with Gasteiger partial charge in [0.2, 0.25) is 0 Å². The highest BCUT2D eigenvalue weighted by atomic mass is 127. The molecule has 0 bridgehead atoms. The Balaban J connectivity index is 2.03. The lowest BCUT2D eigenvalue weighted by molar-refractivity contribution is -0.111. The highest BCUT2D eigenvalue weighted by Gasteiger charge is 2.25. The maximum atomic E-state index is 10.4. The zero-order valence-corrected chi connectivity index (χ0v) is 9.27. The molecule has 0 saturated carbocycles. The molecule has 2 rings (SSSR count). The van der Waals surface area contributed by atoms with Gasteiger partial charge in [-0.1, -0.05) is 0 Å². The second-order valence-electron chi connectivity index (χ2n) is 3.28. The van der Waals surface area contributed by atoms with Crippen molar-refractivity contribution in [2.24, 2.45) is 5.92 Å². The number of carbonyl (C=O) groups is 1. The van der Waals surface area contributed by atoms with Gasteiger partial charge in [-0.25, -0.2) is 0 Å². The summed E-state index contributed by atoms with van der Waals surface area (Å²) in [5.41, 5.74) is 1.22. The highest BCUT2D eigenvalue weighted by Crippen LogP contribution is 2.23. The van der Waals surface area contributed by atoms with Crippen molar-refractivity contribution in [3.63, 3.8) is 0 Å². The molecule has 1 aromatic rings. The fraction of sp³-hybridized carbons (Fsp3) is 0.300. The number of carbonyl (C=O) groups excluding carboxylic acids is 1. The summed E-state index contributed by atoms with van der Waals surface area (Å²) in [6.45, 7) is 1.76. The summed E-state index contributed by atoms with van der Waals surface area (Å²) in [6, 6.07) is 8.37. The molecule has 0 atom stereocenters. The van der Waals surface area contributed by atoms with Gasteiger partial charge < -0.3 is 9.69 Å². The van der Waals surface area contributed by atoms with E-state index in [9.17, 15) is 4.79 Å². The Bertz CT molecular complexity index is 303. The molecule has 1 aliphatic heterocycles. The lowest BCUT2D eigenvalue weighted by atomic mass is 10.0. The van der Waals surface area contributed by atoms with Crippen LogP contribution in [0.1, 0.15) is 0 Å². The first-order valence-electron chi connectivity index (χ1n) is 4.25. The first-order chi connectivity index (χ1) is 6.29. The van der Waals surface area contributed by atoms with E-state index in [0.29, 0.717) is 0 Å². The summed E-state index contributed by atoms with van der Waals surface area (Å²) < 4.78 is 1.24. The molecule has 13 heavy (non-hydrogen) atoms. The number of halogens is 1. The van der Waals surface area contributed by atoms with Crippen molar-refractivity contribution in [3.8, 4) is 0 Å². The first-order valence-corrected chi connectivity index (χ1v) is 5.33. The molecule has 1 saturated heterocycles. The van der Waals surface area contributed by atoms with Crippen LogP contribution in [0.3, 0.4) is 0 Å². The number of aldehydes is 1. The molecular formula is C10H10INO. The van der Waals surface area contributed by atoms with E-state index >= 15 is 0 Å². The van der Waals surface area contributed by atoms with Gasteiger partial charge in [0.1, 0.15) is 6.29 Å². The van der Waals surface area contributed by atoms with Gasteiger partial charge in [0, 0.05) is 28.3 Å². The average Bonchev–Trinajstić information content (AvgIpc) is 2.06. The van der Waals surface area contributed by atoms with Gasteiger partial charge in [0.25, 0.3) is 0 Å². The molecule has 0 aromatic heterocycles. The smallest absolute Gasteiger partial charge is 0.126 e. The van der Waals surface area contributed by atoms with Crippen molar-refractivity contribution in [3.05, 3.63) is 27.8 Å². The monoisotopic (exact) mass is 287 g/mol. The summed E-state index contributed by atoms with van der Waals surface area (Å²) in [4.78, 5) is 12.6. The van der Waals surface area contributed by atoms with Crippen LogP contribution in [0, 0.1) is 9.49 Å². The lowest BCUT2D eigenvalue weighted by Gasteiger charge is -2.38. The molecule has 0 amide bonds. The van der Waals surface area contributed by atoms with Gasteiger partial charge in [-0.3, -0.25) is 0 Å². The molecule has 2 nitrogen and oxygen atoms in total. The topological polar surface area (TPSA) is 20.3 Å². The van der Waals surface area contributed by atoms with Crippen LogP contribution in [0.2, 0.25) is 0 Å². The van der Waals surface area contributed by atoms with Crippen LogP contribution in [0.4, 0.5) is 5.69 Å². The Morgan fingerprint density at radius 1 is 1.31 bits per heavy atom. The number of anilines is 1. The Morgan fingerprint density at radius 2 is 1.92 bits per heavy atom. The lowest BCUT2D eigenvalue weighted by Crippen LogP contribution is -2.47. The van der Waals surface area contributed by atoms with Crippen molar-refractivity contribution in [2.75, 3.05) is 18.0 Å². The van der Waals surface area contributed by atoms with E-state index in [1.54, 1.807) is 0 Å². The number of rotatable bonds is 2. The predicted octanol–water partition coefficient (Wildman–Crippen LogP) is 1.93. The van der Waals surface area contributed by atoms with Crippen molar-refractivity contribution >= 4 is 34.6 Å². The van der Waals surface area contributed by atoms with E-state index in [1.807, 2.05) is 0 Å². The first kappa shape index (κ1) is 8.99. The summed E-state index contributed by atoms with van der Waals surface area (Å²) in [6.07, 6.45) is 1.04. The van der Waals surface area contributed by atoms with E-state index < -0.39 is 0 Å². The third-order valence-corrected chi connectivity index (χ3v) is 3.01. The van der Waals surface area contributed by atoms with Crippen molar-refractivity contribution in [1.82, 2.24) is 0 Å². The van der Waals surface area contributed by atoms with Crippen molar-refractivity contribution in [2.45, 2.75) is 0 Å². The van der Waals surface area contributed by atoms with E-state index in [1.165, 1.54) is 9.26 Å². The fourth-order valence-corrected chi connectivity index (χ4v) is 1.82. The number of hydrogen-bond donors (Lipinski definition) is 0. The van der Waals surface area contributed by atoms with Crippen LogP contribution in [0.25, 0.3) is 0 Å². The quantitative estimate of drug-likeness (QED) is 0.612. The molecule has 68 valence electrons. The molecule has 0 spiro atoms. The second-order valence-corrected chi connectivity index (χ2v) is 4.52. The Hall–Kier alpha value is -0.580. The Labute approximate surface area is 91.1 Å². The molecule has 0 aliphatic carbocycles. The van der Waals surface area contributed by atoms with Gasteiger partial charge in [0.05, 0.1) is 0 Å². The maximum Gasteiger partial charge on any atom is 0.126 e. The van der Waals surface area contributed by atoms with Crippen LogP contribution in [-0.2, 0) is 4.79 Å². The van der Waals surface area contributed by atoms with Crippen molar-refractivity contribution in [1.29, 1.82) is 0 Å². The van der Waals surface area contributed by atoms with E-state index in [-0.39, 0.29) is 5.92 Å².